The van der Waals surface area contributed by atoms with Crippen molar-refractivity contribution in [2.45, 2.75) is 26.7 Å². The molecule has 66 valence electrons. The number of rotatable bonds is 1. The molecule has 1 fully saturated rings. The molecular weight excluding hydrogens is 155 g/mol. The maximum atomic E-state index is 11.6. The van der Waals surface area contributed by atoms with Gasteiger partial charge in [-0.2, -0.15) is 0 Å². The standard InChI is InChI=1S/C9H19OP/c1-8(2)9-4-6-11(3,10)7-5-9/h8-9H,4-7H2,1-3H3. The van der Waals surface area contributed by atoms with E-state index in [4.69, 9.17) is 0 Å². The predicted octanol–water partition coefficient (Wildman–Crippen LogP) is 3.05. The molecule has 0 aromatic carbocycles. The Morgan fingerprint density at radius 2 is 1.73 bits per heavy atom. The molecule has 0 aliphatic carbocycles. The number of hydrogen-bond donors (Lipinski definition) is 0. The Bertz CT molecular complexity index is 162. The van der Waals surface area contributed by atoms with Crippen molar-refractivity contribution in [3.8, 4) is 0 Å². The molecule has 0 amide bonds. The van der Waals surface area contributed by atoms with Crippen molar-refractivity contribution < 1.29 is 4.57 Å². The lowest BCUT2D eigenvalue weighted by Crippen LogP contribution is -2.18. The summed E-state index contributed by atoms with van der Waals surface area (Å²) in [5, 5.41) is 0. The summed E-state index contributed by atoms with van der Waals surface area (Å²) in [4.78, 5) is 0. The Labute approximate surface area is 69.9 Å². The zero-order valence-corrected chi connectivity index (χ0v) is 8.73. The monoisotopic (exact) mass is 174 g/mol. The lowest BCUT2D eigenvalue weighted by atomic mass is 9.91. The van der Waals surface area contributed by atoms with E-state index >= 15 is 0 Å². The average Bonchev–Trinajstić information content (AvgIpc) is 1.86. The molecule has 0 bridgehead atoms. The molecule has 0 radical (unpaired) electrons. The van der Waals surface area contributed by atoms with Crippen LogP contribution in [0.15, 0.2) is 0 Å². The first kappa shape index (κ1) is 9.32. The normalized spacial score (nSPS) is 39.5. The topological polar surface area (TPSA) is 17.1 Å². The molecule has 1 rings (SSSR count). The second-order valence-corrected chi connectivity index (χ2v) is 7.81. The van der Waals surface area contributed by atoms with Crippen LogP contribution < -0.4 is 0 Å². The predicted molar refractivity (Wildman–Crippen MR) is 50.8 cm³/mol. The van der Waals surface area contributed by atoms with Crippen molar-refractivity contribution in [1.82, 2.24) is 0 Å². The van der Waals surface area contributed by atoms with Crippen molar-refractivity contribution in [1.29, 1.82) is 0 Å². The van der Waals surface area contributed by atoms with Gasteiger partial charge in [0.15, 0.2) is 0 Å². The van der Waals surface area contributed by atoms with Gasteiger partial charge >= 0.3 is 0 Å². The third-order valence-corrected chi connectivity index (χ3v) is 5.30. The molecule has 2 heteroatoms. The maximum Gasteiger partial charge on any atom is 0.0848 e. The van der Waals surface area contributed by atoms with Gasteiger partial charge in [0.05, 0.1) is 7.14 Å². The van der Waals surface area contributed by atoms with Crippen LogP contribution in [0.5, 0.6) is 0 Å². The lowest BCUT2D eigenvalue weighted by Gasteiger charge is -2.29. The van der Waals surface area contributed by atoms with Crippen LogP contribution in [-0.2, 0) is 4.57 Å². The molecule has 1 heterocycles. The van der Waals surface area contributed by atoms with E-state index in [2.05, 4.69) is 13.8 Å². The summed E-state index contributed by atoms with van der Waals surface area (Å²) >= 11 is 0. The van der Waals surface area contributed by atoms with Gasteiger partial charge < -0.3 is 4.57 Å². The van der Waals surface area contributed by atoms with Crippen LogP contribution in [0.4, 0.5) is 0 Å². The van der Waals surface area contributed by atoms with E-state index in [0.29, 0.717) is 0 Å². The zero-order valence-electron chi connectivity index (χ0n) is 7.84. The van der Waals surface area contributed by atoms with Crippen molar-refractivity contribution in [2.75, 3.05) is 19.0 Å². The minimum absolute atomic E-state index is 0.787. The molecule has 0 unspecified atom stereocenters. The van der Waals surface area contributed by atoms with Crippen LogP contribution in [-0.4, -0.2) is 19.0 Å². The van der Waals surface area contributed by atoms with E-state index in [0.717, 1.165) is 24.2 Å². The Morgan fingerprint density at radius 1 is 1.27 bits per heavy atom. The van der Waals surface area contributed by atoms with Gasteiger partial charge in [0.25, 0.3) is 0 Å². The molecule has 11 heavy (non-hydrogen) atoms. The highest BCUT2D eigenvalue weighted by atomic mass is 31.2. The summed E-state index contributed by atoms with van der Waals surface area (Å²) in [6, 6.07) is 0. The third-order valence-electron chi connectivity index (χ3n) is 2.89. The first-order valence-electron chi connectivity index (χ1n) is 4.57. The van der Waals surface area contributed by atoms with Crippen molar-refractivity contribution in [3.05, 3.63) is 0 Å². The largest absolute Gasteiger partial charge is 0.324 e. The quantitative estimate of drug-likeness (QED) is 0.558. The Morgan fingerprint density at radius 3 is 2.09 bits per heavy atom. The van der Waals surface area contributed by atoms with Gasteiger partial charge in [0.2, 0.25) is 0 Å². The molecule has 0 spiro atoms. The van der Waals surface area contributed by atoms with Crippen LogP contribution in [0.25, 0.3) is 0 Å². The molecule has 0 N–H and O–H groups in total. The third kappa shape index (κ3) is 2.63. The summed E-state index contributed by atoms with van der Waals surface area (Å²) in [5.41, 5.74) is 0. The first-order chi connectivity index (χ1) is 5.01. The molecule has 0 atom stereocenters. The van der Waals surface area contributed by atoms with Crippen LogP contribution in [0.3, 0.4) is 0 Å². The fourth-order valence-corrected chi connectivity index (χ4v) is 3.78. The molecule has 1 aliphatic heterocycles. The van der Waals surface area contributed by atoms with Gasteiger partial charge in [-0.3, -0.25) is 0 Å². The van der Waals surface area contributed by atoms with E-state index in [-0.39, 0.29) is 0 Å². The van der Waals surface area contributed by atoms with Gasteiger partial charge in [0, 0.05) is 12.3 Å². The van der Waals surface area contributed by atoms with Gasteiger partial charge in [-0.1, -0.05) is 13.8 Å². The summed E-state index contributed by atoms with van der Waals surface area (Å²) in [6.45, 7) is 6.51. The van der Waals surface area contributed by atoms with E-state index in [9.17, 15) is 4.57 Å². The van der Waals surface area contributed by atoms with Gasteiger partial charge in [0.1, 0.15) is 0 Å². The number of hydrogen-bond acceptors (Lipinski definition) is 1. The van der Waals surface area contributed by atoms with Crippen LogP contribution in [0.2, 0.25) is 0 Å². The van der Waals surface area contributed by atoms with Crippen molar-refractivity contribution >= 4 is 7.14 Å². The zero-order chi connectivity index (χ0) is 8.48. The second kappa shape index (κ2) is 3.31. The maximum absolute atomic E-state index is 11.6. The Hall–Kier alpha value is 0.230. The minimum atomic E-state index is -1.66. The van der Waals surface area contributed by atoms with Crippen LogP contribution >= 0.6 is 7.14 Å². The SMILES string of the molecule is CC(C)C1CCP(C)(=O)CC1. The van der Waals surface area contributed by atoms with Gasteiger partial charge in [-0.25, -0.2) is 0 Å². The second-order valence-electron chi connectivity index (χ2n) is 4.33. The molecule has 1 saturated heterocycles. The van der Waals surface area contributed by atoms with Crippen molar-refractivity contribution in [3.63, 3.8) is 0 Å². The molecule has 0 saturated carbocycles. The summed E-state index contributed by atoms with van der Waals surface area (Å²) in [6.07, 6.45) is 4.39. The smallest absolute Gasteiger partial charge is 0.0848 e. The Balaban J connectivity index is 2.42. The highest BCUT2D eigenvalue weighted by molar-refractivity contribution is 7.63. The molecule has 0 aromatic rings. The van der Waals surface area contributed by atoms with E-state index < -0.39 is 7.14 Å². The molecular formula is C9H19OP. The van der Waals surface area contributed by atoms with Gasteiger partial charge in [-0.05, 0) is 31.3 Å². The lowest BCUT2D eigenvalue weighted by molar-refractivity contribution is 0.352. The fraction of sp³-hybridized carbons (Fsp3) is 1.00. The molecule has 0 aromatic heterocycles. The van der Waals surface area contributed by atoms with E-state index in [1.165, 1.54) is 12.8 Å². The van der Waals surface area contributed by atoms with E-state index in [1.54, 1.807) is 0 Å². The summed E-state index contributed by atoms with van der Waals surface area (Å²) < 4.78 is 11.6. The first-order valence-corrected chi connectivity index (χ1v) is 7.09. The highest BCUT2D eigenvalue weighted by Gasteiger charge is 2.26. The highest BCUT2D eigenvalue weighted by Crippen LogP contribution is 2.49. The molecule has 1 nitrogen and oxygen atoms in total. The average molecular weight is 174 g/mol. The van der Waals surface area contributed by atoms with Crippen molar-refractivity contribution in [2.24, 2.45) is 11.8 Å². The van der Waals surface area contributed by atoms with Crippen LogP contribution in [0, 0.1) is 11.8 Å². The summed E-state index contributed by atoms with van der Waals surface area (Å²) in [7, 11) is -1.66. The van der Waals surface area contributed by atoms with Crippen LogP contribution in [0.1, 0.15) is 26.7 Å². The minimum Gasteiger partial charge on any atom is -0.324 e. The molecule has 1 aliphatic rings. The summed E-state index contributed by atoms with van der Waals surface area (Å²) in [5.74, 6) is 1.63. The van der Waals surface area contributed by atoms with E-state index in [1.807, 2.05) is 6.66 Å². The fourth-order valence-electron chi connectivity index (χ4n) is 1.80. The van der Waals surface area contributed by atoms with Gasteiger partial charge in [-0.15, -0.1) is 0 Å². The Kier molecular flexibility index (Phi) is 2.80.